The van der Waals surface area contributed by atoms with E-state index in [0.717, 1.165) is 0 Å². The van der Waals surface area contributed by atoms with Crippen molar-refractivity contribution in [2.45, 2.75) is 13.0 Å². The van der Waals surface area contributed by atoms with Crippen LogP contribution in [0.2, 0.25) is 0 Å². The zero-order valence-electron chi connectivity index (χ0n) is 5.78. The molecule has 0 aliphatic rings. The highest BCUT2D eigenvalue weighted by atomic mass is 32.2. The lowest BCUT2D eigenvalue weighted by Gasteiger charge is -2.01. The van der Waals surface area contributed by atoms with E-state index >= 15 is 0 Å². The van der Waals surface area contributed by atoms with E-state index in [1.165, 1.54) is 11.8 Å². The molecule has 0 rings (SSSR count). The minimum Gasteiger partial charge on any atom is -0.480 e. The number of hydrogen-bond donors (Lipinski definition) is 2. The van der Waals surface area contributed by atoms with Gasteiger partial charge in [-0.05, 0) is 12.3 Å². The maximum absolute atomic E-state index is 10.1. The van der Waals surface area contributed by atoms with Crippen LogP contribution >= 0.6 is 11.8 Å². The molecule has 0 radical (unpaired) electrons. The molecule has 4 heteroatoms. The summed E-state index contributed by atoms with van der Waals surface area (Å²) < 4.78 is 0. The number of rotatable bonds is 4. The molecule has 0 aromatic rings. The molecule has 0 fully saturated rings. The van der Waals surface area contributed by atoms with Crippen molar-refractivity contribution in [3.05, 3.63) is 11.5 Å². The number of carboxylic acids is 1. The number of allylic oxidation sites excluding steroid dienone is 1. The third-order valence-electron chi connectivity index (χ3n) is 0.825. The van der Waals surface area contributed by atoms with Gasteiger partial charge in [-0.2, -0.15) is 0 Å². The van der Waals surface area contributed by atoms with Crippen LogP contribution in [0.1, 0.15) is 6.92 Å². The third kappa shape index (κ3) is 4.40. The second kappa shape index (κ2) is 5.32. The minimum atomic E-state index is -0.947. The summed E-state index contributed by atoms with van der Waals surface area (Å²) in [7, 11) is 0. The van der Waals surface area contributed by atoms with E-state index in [0.29, 0.717) is 5.75 Å². The predicted molar refractivity (Wildman–Crippen MR) is 42.9 cm³/mol. The van der Waals surface area contributed by atoms with Crippen LogP contribution in [-0.4, -0.2) is 22.9 Å². The van der Waals surface area contributed by atoms with E-state index in [2.05, 4.69) is 0 Å². The molecule has 58 valence electrons. The molecule has 0 saturated heterocycles. The number of thioether (sulfide) groups is 1. The SMILES string of the molecule is C/C=C/SCC(N)C(=O)O. The molecule has 0 heterocycles. The van der Waals surface area contributed by atoms with Gasteiger partial charge in [-0.3, -0.25) is 4.79 Å². The molecule has 1 atom stereocenters. The second-order valence-corrected chi connectivity index (χ2v) is 2.69. The average molecular weight is 161 g/mol. The van der Waals surface area contributed by atoms with E-state index in [9.17, 15) is 4.79 Å². The van der Waals surface area contributed by atoms with Gasteiger partial charge in [-0.1, -0.05) is 6.08 Å². The first-order valence-corrected chi connectivity index (χ1v) is 3.94. The Kier molecular flexibility index (Phi) is 5.06. The van der Waals surface area contributed by atoms with Crippen LogP contribution in [0.4, 0.5) is 0 Å². The Balaban J connectivity index is 3.39. The molecular formula is C6H11NO2S. The molecule has 0 aliphatic carbocycles. The summed E-state index contributed by atoms with van der Waals surface area (Å²) in [4.78, 5) is 10.1. The van der Waals surface area contributed by atoms with Gasteiger partial charge in [0.05, 0.1) is 0 Å². The number of carboxylic acid groups (broad SMARTS) is 1. The maximum Gasteiger partial charge on any atom is 0.321 e. The Bertz CT molecular complexity index is 136. The van der Waals surface area contributed by atoms with Crippen LogP contribution in [-0.2, 0) is 4.79 Å². The Morgan fingerprint density at radius 3 is 2.90 bits per heavy atom. The Morgan fingerprint density at radius 1 is 1.90 bits per heavy atom. The van der Waals surface area contributed by atoms with Crippen molar-refractivity contribution >= 4 is 17.7 Å². The van der Waals surface area contributed by atoms with Crippen LogP contribution < -0.4 is 5.73 Å². The van der Waals surface area contributed by atoms with Crippen molar-refractivity contribution in [3.8, 4) is 0 Å². The van der Waals surface area contributed by atoms with Crippen molar-refractivity contribution in [2.24, 2.45) is 5.73 Å². The van der Waals surface area contributed by atoms with Gasteiger partial charge >= 0.3 is 5.97 Å². The zero-order valence-corrected chi connectivity index (χ0v) is 6.60. The van der Waals surface area contributed by atoms with Gasteiger partial charge in [0.1, 0.15) is 6.04 Å². The smallest absolute Gasteiger partial charge is 0.321 e. The van der Waals surface area contributed by atoms with Crippen molar-refractivity contribution in [3.63, 3.8) is 0 Å². The van der Waals surface area contributed by atoms with Crippen LogP contribution in [0, 0.1) is 0 Å². The van der Waals surface area contributed by atoms with Crippen LogP contribution in [0.25, 0.3) is 0 Å². The highest BCUT2D eigenvalue weighted by molar-refractivity contribution is 8.02. The molecule has 3 N–H and O–H groups in total. The average Bonchev–Trinajstić information content (AvgIpc) is 1.88. The third-order valence-corrected chi connectivity index (χ3v) is 1.84. The van der Waals surface area contributed by atoms with Crippen molar-refractivity contribution < 1.29 is 9.90 Å². The highest BCUT2D eigenvalue weighted by Gasteiger charge is 2.08. The molecule has 0 aliphatic heterocycles. The van der Waals surface area contributed by atoms with Gasteiger partial charge in [0.2, 0.25) is 0 Å². The number of hydrogen-bond acceptors (Lipinski definition) is 3. The fraction of sp³-hybridized carbons (Fsp3) is 0.500. The minimum absolute atomic E-state index is 0.430. The van der Waals surface area contributed by atoms with E-state index in [1.54, 1.807) is 0 Å². The monoisotopic (exact) mass is 161 g/mol. The first-order chi connectivity index (χ1) is 4.68. The molecule has 0 saturated carbocycles. The fourth-order valence-electron chi connectivity index (χ4n) is 0.327. The van der Waals surface area contributed by atoms with Gasteiger partial charge in [-0.15, -0.1) is 11.8 Å². The van der Waals surface area contributed by atoms with E-state index < -0.39 is 12.0 Å². The fourth-order valence-corrected chi connectivity index (χ4v) is 0.980. The standard InChI is InChI=1S/C6H11NO2S/c1-2-3-10-4-5(7)6(8)9/h2-3,5H,4,7H2,1H3,(H,8,9)/b3-2+. The zero-order chi connectivity index (χ0) is 7.98. The Hall–Kier alpha value is -0.480. The van der Waals surface area contributed by atoms with Gasteiger partial charge < -0.3 is 10.8 Å². The van der Waals surface area contributed by atoms with Crippen LogP contribution in [0.3, 0.4) is 0 Å². The summed E-state index contributed by atoms with van der Waals surface area (Å²) >= 11 is 1.40. The Morgan fingerprint density at radius 2 is 2.50 bits per heavy atom. The molecule has 1 unspecified atom stereocenters. The summed E-state index contributed by atoms with van der Waals surface area (Å²) in [6.07, 6.45) is 1.85. The van der Waals surface area contributed by atoms with E-state index in [-0.39, 0.29) is 0 Å². The Labute approximate surface area is 64.3 Å². The predicted octanol–water partition coefficient (Wildman–Crippen LogP) is 0.665. The van der Waals surface area contributed by atoms with Gasteiger partial charge in [0.15, 0.2) is 0 Å². The lowest BCUT2D eigenvalue weighted by molar-refractivity contribution is -0.137. The second-order valence-electron chi connectivity index (χ2n) is 1.75. The largest absolute Gasteiger partial charge is 0.480 e. The van der Waals surface area contributed by atoms with Crippen LogP contribution in [0.15, 0.2) is 11.5 Å². The number of carbonyl (C=O) groups is 1. The first kappa shape index (κ1) is 9.52. The normalized spacial score (nSPS) is 13.8. The van der Waals surface area contributed by atoms with Crippen LogP contribution in [0.5, 0.6) is 0 Å². The van der Waals surface area contributed by atoms with E-state index in [1.807, 2.05) is 18.4 Å². The van der Waals surface area contributed by atoms with Gasteiger partial charge in [-0.25, -0.2) is 0 Å². The topological polar surface area (TPSA) is 63.3 Å². The summed E-state index contributed by atoms with van der Waals surface area (Å²) in [5.41, 5.74) is 5.20. The van der Waals surface area contributed by atoms with Crippen molar-refractivity contribution in [1.29, 1.82) is 0 Å². The molecule has 0 bridgehead atoms. The van der Waals surface area contributed by atoms with Crippen molar-refractivity contribution in [1.82, 2.24) is 0 Å². The molecule has 0 spiro atoms. The van der Waals surface area contributed by atoms with Gasteiger partial charge in [0, 0.05) is 5.75 Å². The molecule has 0 aromatic carbocycles. The first-order valence-electron chi connectivity index (χ1n) is 2.89. The molecule has 0 amide bonds. The molecular weight excluding hydrogens is 150 g/mol. The lowest BCUT2D eigenvalue weighted by atomic mass is 10.4. The summed E-state index contributed by atoms with van der Waals surface area (Å²) in [6.45, 7) is 1.87. The summed E-state index contributed by atoms with van der Waals surface area (Å²) in [5.74, 6) is -0.517. The number of aliphatic carboxylic acids is 1. The summed E-state index contributed by atoms with van der Waals surface area (Å²) in [6, 6.07) is -0.749. The quantitative estimate of drug-likeness (QED) is 0.636. The van der Waals surface area contributed by atoms with Crippen molar-refractivity contribution in [2.75, 3.05) is 5.75 Å². The highest BCUT2D eigenvalue weighted by Crippen LogP contribution is 2.02. The summed E-state index contributed by atoms with van der Waals surface area (Å²) in [5, 5.41) is 10.1. The van der Waals surface area contributed by atoms with Gasteiger partial charge in [0.25, 0.3) is 0 Å². The molecule has 0 aromatic heterocycles. The van der Waals surface area contributed by atoms with E-state index in [4.69, 9.17) is 10.8 Å². The lowest BCUT2D eigenvalue weighted by Crippen LogP contribution is -2.32. The maximum atomic E-state index is 10.1. The number of nitrogens with two attached hydrogens (primary N) is 1. The molecule has 10 heavy (non-hydrogen) atoms. The molecule has 3 nitrogen and oxygen atoms in total.